The summed E-state index contributed by atoms with van der Waals surface area (Å²) in [6, 6.07) is 4.54. The Morgan fingerprint density at radius 2 is 1.79 bits per heavy atom. The van der Waals surface area contributed by atoms with Gasteiger partial charge in [-0.25, -0.2) is 12.7 Å². The van der Waals surface area contributed by atoms with Gasteiger partial charge in [0.2, 0.25) is 10.0 Å². The topological polar surface area (TPSA) is 108 Å². The van der Waals surface area contributed by atoms with Crippen LogP contribution < -0.4 is 10.6 Å². The lowest BCUT2D eigenvalue weighted by molar-refractivity contribution is 0.0921. The van der Waals surface area contributed by atoms with Gasteiger partial charge in [0.25, 0.3) is 11.8 Å². The first-order chi connectivity index (χ1) is 13.7. The van der Waals surface area contributed by atoms with Crippen LogP contribution in [0.15, 0.2) is 23.6 Å². The molecule has 0 unspecified atom stereocenters. The summed E-state index contributed by atoms with van der Waals surface area (Å²) in [7, 11) is -3.23. The van der Waals surface area contributed by atoms with Crippen LogP contribution in [0.3, 0.4) is 0 Å². The number of nitrogens with zero attached hydrogens (tertiary/aromatic N) is 2. The van der Waals surface area contributed by atoms with Crippen molar-refractivity contribution in [2.75, 3.05) is 24.7 Å². The fraction of sp³-hybridized carbons (Fsp3) is 0.353. The van der Waals surface area contributed by atoms with E-state index >= 15 is 0 Å². The normalized spacial score (nSPS) is 15.8. The molecule has 0 saturated carbocycles. The first kappa shape index (κ1) is 22.0. The maximum absolute atomic E-state index is 12.6. The lowest BCUT2D eigenvalue weighted by Crippen LogP contribution is -2.46. The van der Waals surface area contributed by atoms with Gasteiger partial charge >= 0.3 is 0 Å². The second-order valence-corrected chi connectivity index (χ2v) is 9.96. The number of amides is 2. The molecule has 2 aromatic rings. The Morgan fingerprint density at radius 3 is 2.38 bits per heavy atom. The molecular weight excluding hydrogens is 459 g/mol. The van der Waals surface area contributed by atoms with Crippen LogP contribution in [0.1, 0.15) is 33.7 Å². The molecule has 0 radical (unpaired) electrons. The highest BCUT2D eigenvalue weighted by Crippen LogP contribution is 2.26. The highest BCUT2D eigenvalue weighted by molar-refractivity contribution is 7.88. The minimum absolute atomic E-state index is 0.0806. The van der Waals surface area contributed by atoms with Crippen LogP contribution >= 0.6 is 34.7 Å². The molecule has 156 valence electrons. The van der Waals surface area contributed by atoms with E-state index in [4.69, 9.17) is 23.2 Å². The minimum Gasteiger partial charge on any atom is -0.348 e. The van der Waals surface area contributed by atoms with Crippen molar-refractivity contribution in [1.82, 2.24) is 14.0 Å². The molecule has 8 nitrogen and oxygen atoms in total. The van der Waals surface area contributed by atoms with Gasteiger partial charge in [0.05, 0.1) is 27.6 Å². The van der Waals surface area contributed by atoms with E-state index in [0.717, 1.165) is 11.5 Å². The highest BCUT2D eigenvalue weighted by atomic mass is 35.5. The average molecular weight is 477 g/mol. The molecule has 2 amide bonds. The first-order valence-corrected chi connectivity index (χ1v) is 12.1. The number of halogens is 2. The summed E-state index contributed by atoms with van der Waals surface area (Å²) in [5.74, 6) is -0.985. The van der Waals surface area contributed by atoms with Crippen LogP contribution in [-0.4, -0.2) is 54.3 Å². The van der Waals surface area contributed by atoms with Crippen molar-refractivity contribution in [1.29, 1.82) is 0 Å². The number of hydrogen-bond donors (Lipinski definition) is 2. The lowest BCUT2D eigenvalue weighted by Gasteiger charge is -2.30. The standard InChI is InChI=1S/C17H18Cl2N4O4S2/c1-29(26,27)23-7-5-10(6-8-23)20-17(25)15-13(9-28-22-15)21-16(24)14-11(18)3-2-4-12(14)19/h2-4,9-10H,5-8H2,1H3,(H,20,25)(H,21,24). The predicted octanol–water partition coefficient (Wildman–Crippen LogP) is 2.86. The summed E-state index contributed by atoms with van der Waals surface area (Å²) in [6.45, 7) is 0.685. The Hall–Kier alpha value is -1.72. The zero-order valence-corrected chi connectivity index (χ0v) is 18.5. The number of benzene rings is 1. The predicted molar refractivity (Wildman–Crippen MR) is 113 cm³/mol. The van der Waals surface area contributed by atoms with Gasteiger partial charge in [0.1, 0.15) is 0 Å². The van der Waals surface area contributed by atoms with Crippen molar-refractivity contribution in [3.63, 3.8) is 0 Å². The molecule has 1 fully saturated rings. The van der Waals surface area contributed by atoms with Gasteiger partial charge < -0.3 is 10.6 Å². The fourth-order valence-electron chi connectivity index (χ4n) is 2.97. The second-order valence-electron chi connectivity index (χ2n) is 6.54. The van der Waals surface area contributed by atoms with E-state index in [9.17, 15) is 18.0 Å². The van der Waals surface area contributed by atoms with E-state index in [1.54, 1.807) is 23.6 Å². The molecule has 0 spiro atoms. The fourth-order valence-corrected chi connectivity index (χ4v) is 5.03. The number of sulfonamides is 1. The maximum atomic E-state index is 12.6. The van der Waals surface area contributed by atoms with Gasteiger partial charge in [-0.15, -0.1) is 0 Å². The van der Waals surface area contributed by atoms with E-state index in [0.29, 0.717) is 25.9 Å². The third-order valence-corrected chi connectivity index (χ3v) is 7.04. The van der Waals surface area contributed by atoms with Crippen LogP contribution in [0, 0.1) is 0 Å². The highest BCUT2D eigenvalue weighted by Gasteiger charge is 2.27. The monoisotopic (exact) mass is 476 g/mol. The van der Waals surface area contributed by atoms with Crippen LogP contribution in [0.4, 0.5) is 5.69 Å². The number of aromatic nitrogens is 1. The van der Waals surface area contributed by atoms with Gasteiger partial charge in [0.15, 0.2) is 5.69 Å². The largest absolute Gasteiger partial charge is 0.348 e. The zero-order valence-electron chi connectivity index (χ0n) is 15.3. The van der Waals surface area contributed by atoms with E-state index in [-0.39, 0.29) is 33.0 Å². The van der Waals surface area contributed by atoms with Gasteiger partial charge in [-0.1, -0.05) is 29.3 Å². The average Bonchev–Trinajstić information content (AvgIpc) is 3.09. The zero-order chi connectivity index (χ0) is 21.2. The van der Waals surface area contributed by atoms with Crippen LogP contribution in [0.2, 0.25) is 10.0 Å². The van der Waals surface area contributed by atoms with Crippen molar-refractivity contribution in [3.8, 4) is 0 Å². The molecule has 2 heterocycles. The summed E-state index contributed by atoms with van der Waals surface area (Å²) in [5.41, 5.74) is 0.445. The lowest BCUT2D eigenvalue weighted by atomic mass is 10.1. The molecule has 29 heavy (non-hydrogen) atoms. The molecule has 12 heteroatoms. The van der Waals surface area contributed by atoms with E-state index in [2.05, 4.69) is 15.0 Å². The summed E-state index contributed by atoms with van der Waals surface area (Å²) < 4.78 is 28.6. The summed E-state index contributed by atoms with van der Waals surface area (Å²) in [4.78, 5) is 25.2. The number of piperidine rings is 1. The molecule has 1 aromatic heterocycles. The third-order valence-electron chi connectivity index (χ3n) is 4.48. The Kier molecular flexibility index (Phi) is 6.79. The Bertz CT molecular complexity index is 1010. The van der Waals surface area contributed by atoms with Crippen molar-refractivity contribution in [2.45, 2.75) is 18.9 Å². The van der Waals surface area contributed by atoms with Crippen LogP contribution in [0.25, 0.3) is 0 Å². The number of carbonyl (C=O) groups is 2. The Labute approximate surface area is 182 Å². The van der Waals surface area contributed by atoms with Gasteiger partial charge in [-0.05, 0) is 36.5 Å². The number of carbonyl (C=O) groups excluding carboxylic acids is 2. The van der Waals surface area contributed by atoms with E-state index in [1.807, 2.05) is 0 Å². The number of anilines is 1. The molecule has 0 bridgehead atoms. The van der Waals surface area contributed by atoms with Crippen molar-refractivity contribution >= 4 is 62.3 Å². The summed E-state index contributed by atoms with van der Waals surface area (Å²) >= 11 is 13.1. The van der Waals surface area contributed by atoms with Crippen molar-refractivity contribution < 1.29 is 18.0 Å². The maximum Gasteiger partial charge on any atom is 0.273 e. The van der Waals surface area contributed by atoms with Gasteiger partial charge in [-0.3, -0.25) is 9.59 Å². The number of hydrogen-bond acceptors (Lipinski definition) is 6. The van der Waals surface area contributed by atoms with Gasteiger partial charge in [-0.2, -0.15) is 4.37 Å². The quantitative estimate of drug-likeness (QED) is 0.689. The van der Waals surface area contributed by atoms with E-state index in [1.165, 1.54) is 10.6 Å². The number of nitrogens with one attached hydrogen (secondary N) is 2. The molecule has 1 aliphatic heterocycles. The number of rotatable bonds is 5. The minimum atomic E-state index is -3.23. The smallest absolute Gasteiger partial charge is 0.273 e. The Morgan fingerprint density at radius 1 is 1.17 bits per heavy atom. The molecule has 1 aliphatic rings. The summed E-state index contributed by atoms with van der Waals surface area (Å²) in [5, 5.41) is 7.41. The van der Waals surface area contributed by atoms with Crippen molar-refractivity contribution in [3.05, 3.63) is 44.9 Å². The molecule has 1 saturated heterocycles. The van der Waals surface area contributed by atoms with E-state index < -0.39 is 21.8 Å². The molecule has 3 rings (SSSR count). The van der Waals surface area contributed by atoms with Gasteiger partial charge in [0, 0.05) is 24.5 Å². The molecule has 2 N–H and O–H groups in total. The Balaban J connectivity index is 1.66. The molecule has 1 aromatic carbocycles. The van der Waals surface area contributed by atoms with Crippen LogP contribution in [-0.2, 0) is 10.0 Å². The van der Waals surface area contributed by atoms with Crippen molar-refractivity contribution in [2.24, 2.45) is 0 Å². The first-order valence-electron chi connectivity index (χ1n) is 8.62. The summed E-state index contributed by atoms with van der Waals surface area (Å²) in [6.07, 6.45) is 2.17. The second kappa shape index (κ2) is 8.97. The van der Waals surface area contributed by atoms with Crippen LogP contribution in [0.5, 0.6) is 0 Å². The molecule has 0 atom stereocenters. The third kappa shape index (κ3) is 5.26. The molecule has 0 aliphatic carbocycles. The molecular formula is C17H18Cl2N4O4S2. The SMILES string of the molecule is CS(=O)(=O)N1CCC(NC(=O)c2nscc2NC(=O)c2c(Cl)cccc2Cl)CC1.